The molecule has 1 saturated heterocycles. The minimum absolute atomic E-state index is 0.00786. The molecule has 2 aromatic rings. The monoisotopic (exact) mass is 324 g/mol. The van der Waals surface area contributed by atoms with Crippen LogP contribution in [-0.4, -0.2) is 51.5 Å². The molecule has 0 unspecified atom stereocenters. The quantitative estimate of drug-likeness (QED) is 0.853. The van der Waals surface area contributed by atoms with Crippen molar-refractivity contribution in [3.8, 4) is 6.07 Å². The number of hydrogen-bond donors (Lipinski definition) is 0. The molecule has 3 heterocycles. The van der Waals surface area contributed by atoms with Gasteiger partial charge < -0.3 is 14.4 Å². The van der Waals surface area contributed by atoms with Gasteiger partial charge in [-0.2, -0.15) is 5.26 Å². The predicted molar refractivity (Wildman–Crippen MR) is 89.5 cm³/mol. The molecule has 1 aliphatic heterocycles. The lowest BCUT2D eigenvalue weighted by Gasteiger charge is -2.37. The van der Waals surface area contributed by atoms with Gasteiger partial charge in [0.1, 0.15) is 17.5 Å². The van der Waals surface area contributed by atoms with Gasteiger partial charge in [-0.05, 0) is 25.0 Å². The van der Waals surface area contributed by atoms with Crippen molar-refractivity contribution in [2.45, 2.75) is 18.9 Å². The van der Waals surface area contributed by atoms with Gasteiger partial charge in [-0.15, -0.1) is 0 Å². The lowest BCUT2D eigenvalue weighted by Crippen LogP contribution is -2.46. The lowest BCUT2D eigenvalue weighted by molar-refractivity contribution is 0.0699. The Labute approximate surface area is 141 Å². The van der Waals surface area contributed by atoms with Crippen LogP contribution in [0.3, 0.4) is 0 Å². The van der Waals surface area contributed by atoms with E-state index in [1.165, 1.54) is 0 Å². The molecule has 1 amide bonds. The number of carbonyl (C=O) groups is 1. The van der Waals surface area contributed by atoms with Crippen molar-refractivity contribution in [1.82, 2.24) is 19.4 Å². The average molecular weight is 324 g/mol. The number of imidazole rings is 1. The van der Waals surface area contributed by atoms with E-state index in [9.17, 15) is 4.79 Å². The van der Waals surface area contributed by atoms with Crippen LogP contribution < -0.4 is 4.90 Å². The van der Waals surface area contributed by atoms with Crippen molar-refractivity contribution in [1.29, 1.82) is 5.26 Å². The van der Waals surface area contributed by atoms with Crippen molar-refractivity contribution >= 4 is 11.6 Å². The van der Waals surface area contributed by atoms with Gasteiger partial charge in [0.25, 0.3) is 5.91 Å². The Morgan fingerprint density at radius 1 is 1.33 bits per heavy atom. The van der Waals surface area contributed by atoms with Crippen LogP contribution >= 0.6 is 0 Å². The van der Waals surface area contributed by atoms with Crippen LogP contribution in [0.1, 0.15) is 29.0 Å². The maximum absolute atomic E-state index is 12.6. The summed E-state index contributed by atoms with van der Waals surface area (Å²) in [6.45, 7) is 1.72. The standard InChI is InChI=1S/C17H20N6O/c1-21-12-19-11-16(21)17(24)22(2)14-5-7-23(8-6-14)15-4-3-13(9-18)20-10-15/h3-4,10-12,14H,5-8H2,1-2H3. The Morgan fingerprint density at radius 3 is 2.62 bits per heavy atom. The molecule has 0 atom stereocenters. The van der Waals surface area contributed by atoms with Gasteiger partial charge in [0.2, 0.25) is 0 Å². The number of nitriles is 1. The first-order chi connectivity index (χ1) is 11.6. The summed E-state index contributed by atoms with van der Waals surface area (Å²) in [7, 11) is 3.69. The van der Waals surface area contributed by atoms with E-state index in [1.807, 2.05) is 31.1 Å². The Hall–Kier alpha value is -2.88. The highest BCUT2D eigenvalue weighted by atomic mass is 16.2. The number of nitrogens with zero attached hydrogens (tertiary/aromatic N) is 6. The molecule has 24 heavy (non-hydrogen) atoms. The second-order valence-electron chi connectivity index (χ2n) is 6.04. The third-order valence-corrected chi connectivity index (χ3v) is 4.60. The fraction of sp³-hybridized carbons (Fsp3) is 0.412. The zero-order valence-electron chi connectivity index (χ0n) is 13.9. The first-order valence-electron chi connectivity index (χ1n) is 7.94. The molecule has 0 radical (unpaired) electrons. The molecule has 1 aliphatic rings. The molecule has 0 saturated carbocycles. The molecule has 7 heteroatoms. The Kier molecular flexibility index (Phi) is 4.47. The highest BCUT2D eigenvalue weighted by molar-refractivity contribution is 5.92. The second kappa shape index (κ2) is 6.71. The molecule has 2 aromatic heterocycles. The summed E-state index contributed by atoms with van der Waals surface area (Å²) in [5.74, 6) is 0.00786. The van der Waals surface area contributed by atoms with Crippen molar-refractivity contribution in [2.75, 3.05) is 25.0 Å². The summed E-state index contributed by atoms with van der Waals surface area (Å²) in [4.78, 5) is 24.8. The predicted octanol–water partition coefficient (Wildman–Crippen LogP) is 1.43. The average Bonchev–Trinajstić information content (AvgIpc) is 3.06. The summed E-state index contributed by atoms with van der Waals surface area (Å²) in [6, 6.07) is 5.91. The SMILES string of the molecule is CN(C(=O)c1cncn1C)C1CCN(c2ccc(C#N)nc2)CC1. The van der Waals surface area contributed by atoms with Crippen LogP contribution in [0, 0.1) is 11.3 Å². The molecule has 1 fully saturated rings. The van der Waals surface area contributed by atoms with Crippen LogP contribution in [0.2, 0.25) is 0 Å². The molecule has 3 rings (SSSR count). The minimum atomic E-state index is 0.00786. The number of amides is 1. The van der Waals surface area contributed by atoms with Gasteiger partial charge in [0.15, 0.2) is 0 Å². The second-order valence-corrected chi connectivity index (χ2v) is 6.04. The number of aryl methyl sites for hydroxylation is 1. The van der Waals surface area contributed by atoms with Crippen molar-refractivity contribution in [2.24, 2.45) is 7.05 Å². The zero-order chi connectivity index (χ0) is 17.1. The third-order valence-electron chi connectivity index (χ3n) is 4.60. The molecule has 124 valence electrons. The molecule has 0 bridgehead atoms. The van der Waals surface area contributed by atoms with Gasteiger partial charge in [-0.25, -0.2) is 9.97 Å². The minimum Gasteiger partial charge on any atom is -0.370 e. The lowest BCUT2D eigenvalue weighted by atomic mass is 10.0. The molecule has 0 aromatic carbocycles. The van der Waals surface area contributed by atoms with Crippen molar-refractivity contribution < 1.29 is 4.79 Å². The Bertz CT molecular complexity index is 752. The fourth-order valence-corrected chi connectivity index (χ4v) is 3.06. The van der Waals surface area contributed by atoms with E-state index in [4.69, 9.17) is 5.26 Å². The van der Waals surface area contributed by atoms with Crippen LogP contribution in [0.25, 0.3) is 0 Å². The van der Waals surface area contributed by atoms with Crippen molar-refractivity contribution in [3.63, 3.8) is 0 Å². The third kappa shape index (κ3) is 3.08. The summed E-state index contributed by atoms with van der Waals surface area (Å²) < 4.78 is 1.75. The maximum atomic E-state index is 12.6. The number of pyridine rings is 1. The van der Waals surface area contributed by atoms with Crippen LogP contribution in [0.4, 0.5) is 5.69 Å². The van der Waals surface area contributed by atoms with Crippen molar-refractivity contribution in [3.05, 3.63) is 42.2 Å². The van der Waals surface area contributed by atoms with Crippen LogP contribution in [0.15, 0.2) is 30.9 Å². The molecule has 0 spiro atoms. The van der Waals surface area contributed by atoms with Gasteiger partial charge >= 0.3 is 0 Å². The van der Waals surface area contributed by atoms with E-state index >= 15 is 0 Å². The van der Waals surface area contributed by atoms with E-state index in [-0.39, 0.29) is 11.9 Å². The number of piperidine rings is 1. The Morgan fingerprint density at radius 2 is 2.08 bits per heavy atom. The summed E-state index contributed by atoms with van der Waals surface area (Å²) in [5, 5.41) is 8.81. The first-order valence-corrected chi connectivity index (χ1v) is 7.94. The van der Waals surface area contributed by atoms with Gasteiger partial charge in [0.05, 0.1) is 24.4 Å². The number of rotatable bonds is 3. The van der Waals surface area contributed by atoms with E-state index in [2.05, 4.69) is 14.9 Å². The highest BCUT2D eigenvalue weighted by Crippen LogP contribution is 2.22. The maximum Gasteiger partial charge on any atom is 0.272 e. The smallest absolute Gasteiger partial charge is 0.272 e. The molecule has 0 N–H and O–H groups in total. The van der Waals surface area contributed by atoms with E-state index < -0.39 is 0 Å². The van der Waals surface area contributed by atoms with Gasteiger partial charge in [-0.3, -0.25) is 4.79 Å². The summed E-state index contributed by atoms with van der Waals surface area (Å²) in [6.07, 6.45) is 6.79. The molecular formula is C17H20N6O. The Balaban J connectivity index is 1.61. The zero-order valence-corrected chi connectivity index (χ0v) is 13.9. The van der Waals surface area contributed by atoms with E-state index in [0.717, 1.165) is 31.6 Å². The fourth-order valence-electron chi connectivity index (χ4n) is 3.06. The van der Waals surface area contributed by atoms with Gasteiger partial charge in [0, 0.05) is 33.2 Å². The number of carbonyl (C=O) groups excluding carboxylic acids is 1. The summed E-state index contributed by atoms with van der Waals surface area (Å²) in [5.41, 5.74) is 2.06. The molecular weight excluding hydrogens is 304 g/mol. The number of anilines is 1. The molecule has 7 nitrogen and oxygen atoms in total. The summed E-state index contributed by atoms with van der Waals surface area (Å²) >= 11 is 0. The van der Waals surface area contributed by atoms with Gasteiger partial charge in [-0.1, -0.05) is 0 Å². The van der Waals surface area contributed by atoms with Crippen LogP contribution in [0.5, 0.6) is 0 Å². The topological polar surface area (TPSA) is 78.0 Å². The largest absolute Gasteiger partial charge is 0.370 e. The van der Waals surface area contributed by atoms with E-state index in [1.54, 1.807) is 29.4 Å². The van der Waals surface area contributed by atoms with Crippen LogP contribution in [-0.2, 0) is 7.05 Å². The highest BCUT2D eigenvalue weighted by Gasteiger charge is 2.27. The normalized spacial score (nSPS) is 15.1. The number of aromatic nitrogens is 3. The first kappa shape index (κ1) is 16.0. The van der Waals surface area contributed by atoms with E-state index in [0.29, 0.717) is 11.4 Å². The molecule has 0 aliphatic carbocycles. The number of hydrogen-bond acceptors (Lipinski definition) is 5.